The van der Waals surface area contributed by atoms with Crippen molar-refractivity contribution in [2.24, 2.45) is 0 Å². The normalized spacial score (nSPS) is 20.1. The van der Waals surface area contributed by atoms with Crippen LogP contribution in [0.15, 0.2) is 60.4 Å². The Bertz CT molecular complexity index is 730. The molecule has 1 atom stereocenters. The Morgan fingerprint density at radius 1 is 1.00 bits per heavy atom. The fraction of sp³-hybridized carbons (Fsp3) is 0.211. The van der Waals surface area contributed by atoms with Crippen LogP contribution >= 0.6 is 0 Å². The summed E-state index contributed by atoms with van der Waals surface area (Å²) < 4.78 is 5.37. The van der Waals surface area contributed by atoms with Crippen molar-refractivity contribution in [3.05, 3.63) is 71.5 Å². The third kappa shape index (κ3) is 2.10. The van der Waals surface area contributed by atoms with E-state index < -0.39 is 5.97 Å². The smallest absolute Gasteiger partial charge is 0.334 e. The lowest BCUT2D eigenvalue weighted by molar-refractivity contribution is -0.145. The van der Waals surface area contributed by atoms with E-state index in [0.29, 0.717) is 12.8 Å². The molecule has 0 radical (unpaired) electrons. The zero-order valence-electron chi connectivity index (χ0n) is 12.0. The Labute approximate surface area is 128 Å². The summed E-state index contributed by atoms with van der Waals surface area (Å²) in [5, 5.41) is 9.67. The first-order chi connectivity index (χ1) is 10.7. The van der Waals surface area contributed by atoms with Gasteiger partial charge < -0.3 is 9.84 Å². The Hall–Kier alpha value is -2.55. The van der Waals surface area contributed by atoms with Gasteiger partial charge >= 0.3 is 5.97 Å². The van der Waals surface area contributed by atoms with Crippen LogP contribution < -0.4 is 0 Å². The van der Waals surface area contributed by atoms with Gasteiger partial charge in [-0.1, -0.05) is 48.5 Å². The molecule has 1 aliphatic carbocycles. The summed E-state index contributed by atoms with van der Waals surface area (Å²) in [6, 6.07) is 16.7. The van der Waals surface area contributed by atoms with Gasteiger partial charge in [-0.2, -0.15) is 0 Å². The summed E-state index contributed by atoms with van der Waals surface area (Å²) in [7, 11) is 0. The Kier molecular flexibility index (Phi) is 3.00. The van der Waals surface area contributed by atoms with E-state index in [4.69, 9.17) is 4.74 Å². The van der Waals surface area contributed by atoms with Crippen molar-refractivity contribution in [2.75, 3.05) is 0 Å². The zero-order valence-corrected chi connectivity index (χ0v) is 12.0. The Balaban J connectivity index is 1.70. The van der Waals surface area contributed by atoms with Crippen LogP contribution in [0.25, 0.3) is 11.1 Å². The molecule has 0 saturated heterocycles. The largest absolute Gasteiger partial charge is 0.512 e. The molecule has 0 saturated carbocycles. The number of aliphatic hydroxyl groups is 1. The van der Waals surface area contributed by atoms with E-state index in [0.717, 1.165) is 6.08 Å². The van der Waals surface area contributed by atoms with E-state index in [1.54, 1.807) is 0 Å². The number of fused-ring (bicyclic) bond motifs is 3. The van der Waals surface area contributed by atoms with Gasteiger partial charge in [0.1, 0.15) is 11.9 Å². The maximum absolute atomic E-state index is 11.5. The van der Waals surface area contributed by atoms with E-state index in [1.165, 1.54) is 22.3 Å². The van der Waals surface area contributed by atoms with Gasteiger partial charge in [-0.15, -0.1) is 0 Å². The third-order valence-electron chi connectivity index (χ3n) is 4.47. The van der Waals surface area contributed by atoms with Crippen molar-refractivity contribution in [2.45, 2.75) is 24.9 Å². The highest BCUT2D eigenvalue weighted by Crippen LogP contribution is 2.47. The van der Waals surface area contributed by atoms with Crippen LogP contribution in [0.5, 0.6) is 0 Å². The number of carbonyl (C=O) groups excluding carboxylic acids is 1. The van der Waals surface area contributed by atoms with E-state index in [2.05, 4.69) is 24.3 Å². The third-order valence-corrected chi connectivity index (χ3v) is 4.47. The fourth-order valence-electron chi connectivity index (χ4n) is 3.58. The predicted molar refractivity (Wildman–Crippen MR) is 83.5 cm³/mol. The summed E-state index contributed by atoms with van der Waals surface area (Å²) in [6.45, 7) is 0. The van der Waals surface area contributed by atoms with E-state index in [-0.39, 0.29) is 17.8 Å². The molecule has 0 aromatic heterocycles. The van der Waals surface area contributed by atoms with Crippen molar-refractivity contribution in [3.63, 3.8) is 0 Å². The molecule has 2 aliphatic rings. The van der Waals surface area contributed by atoms with Crippen LogP contribution in [0.2, 0.25) is 0 Å². The number of hydrogen-bond donors (Lipinski definition) is 1. The zero-order chi connectivity index (χ0) is 15.1. The lowest BCUT2D eigenvalue weighted by Gasteiger charge is -2.24. The molecule has 0 amide bonds. The number of benzene rings is 2. The number of hydrogen-bond acceptors (Lipinski definition) is 3. The Morgan fingerprint density at radius 3 is 2.18 bits per heavy atom. The lowest BCUT2D eigenvalue weighted by atomic mass is 9.89. The minimum atomic E-state index is -0.451. The standard InChI is InChI=1S/C19H16O3/c20-12-9-13(22-19(21)10-12)11-18-16-7-3-1-5-14(16)15-6-2-4-8-17(15)18/h1-8,10,13,18,20H,9,11H2/t13-/m0/s1. The molecular weight excluding hydrogens is 276 g/mol. The molecule has 2 aromatic carbocycles. The first-order valence-corrected chi connectivity index (χ1v) is 7.51. The maximum Gasteiger partial charge on any atom is 0.334 e. The summed E-state index contributed by atoms with van der Waals surface area (Å²) in [5.41, 5.74) is 5.05. The van der Waals surface area contributed by atoms with Gasteiger partial charge in [0.25, 0.3) is 0 Å². The quantitative estimate of drug-likeness (QED) is 0.853. The molecule has 4 rings (SSSR count). The number of ether oxygens (including phenoxy) is 1. The molecule has 22 heavy (non-hydrogen) atoms. The predicted octanol–water partition coefficient (Wildman–Crippen LogP) is 3.95. The van der Waals surface area contributed by atoms with Crippen molar-refractivity contribution < 1.29 is 14.6 Å². The van der Waals surface area contributed by atoms with Crippen LogP contribution in [-0.4, -0.2) is 17.2 Å². The molecule has 110 valence electrons. The van der Waals surface area contributed by atoms with Crippen molar-refractivity contribution in [3.8, 4) is 11.1 Å². The van der Waals surface area contributed by atoms with E-state index in [1.807, 2.05) is 24.3 Å². The second-order valence-corrected chi connectivity index (χ2v) is 5.86. The molecule has 0 unspecified atom stereocenters. The molecule has 2 aromatic rings. The highest BCUT2D eigenvalue weighted by atomic mass is 16.5. The van der Waals surface area contributed by atoms with Gasteiger partial charge in [-0.3, -0.25) is 0 Å². The van der Waals surface area contributed by atoms with Crippen molar-refractivity contribution in [1.82, 2.24) is 0 Å². The van der Waals surface area contributed by atoms with Gasteiger partial charge in [-0.05, 0) is 28.7 Å². The van der Waals surface area contributed by atoms with E-state index >= 15 is 0 Å². The molecule has 3 nitrogen and oxygen atoms in total. The number of aliphatic hydroxyl groups excluding tert-OH is 1. The number of carbonyl (C=O) groups is 1. The Morgan fingerprint density at radius 2 is 1.59 bits per heavy atom. The summed E-state index contributed by atoms with van der Waals surface area (Å²) in [6.07, 6.45) is 1.97. The average Bonchev–Trinajstić information content (AvgIpc) is 2.81. The lowest BCUT2D eigenvalue weighted by Crippen LogP contribution is -2.24. The van der Waals surface area contributed by atoms with Gasteiger partial charge in [0.15, 0.2) is 0 Å². The molecule has 0 fully saturated rings. The van der Waals surface area contributed by atoms with Gasteiger partial charge in [0, 0.05) is 12.3 Å². The maximum atomic E-state index is 11.5. The second-order valence-electron chi connectivity index (χ2n) is 5.86. The first kappa shape index (κ1) is 13.1. The van der Waals surface area contributed by atoms with Gasteiger partial charge in [-0.25, -0.2) is 4.79 Å². The summed E-state index contributed by atoms with van der Waals surface area (Å²) in [4.78, 5) is 11.5. The average molecular weight is 292 g/mol. The topological polar surface area (TPSA) is 46.5 Å². The molecule has 1 aliphatic heterocycles. The molecule has 0 spiro atoms. The van der Waals surface area contributed by atoms with Crippen molar-refractivity contribution in [1.29, 1.82) is 0 Å². The monoisotopic (exact) mass is 292 g/mol. The van der Waals surface area contributed by atoms with Crippen LogP contribution in [-0.2, 0) is 9.53 Å². The highest BCUT2D eigenvalue weighted by molar-refractivity contribution is 5.83. The van der Waals surface area contributed by atoms with Crippen molar-refractivity contribution >= 4 is 5.97 Å². The van der Waals surface area contributed by atoms with Crippen LogP contribution in [0.1, 0.15) is 29.9 Å². The number of cyclic esters (lactones) is 1. The van der Waals surface area contributed by atoms with Gasteiger partial charge in [0.05, 0.1) is 6.08 Å². The fourth-order valence-corrected chi connectivity index (χ4v) is 3.58. The summed E-state index contributed by atoms with van der Waals surface area (Å²) >= 11 is 0. The second kappa shape index (κ2) is 5.02. The minimum Gasteiger partial charge on any atom is -0.512 e. The van der Waals surface area contributed by atoms with Crippen LogP contribution in [0.3, 0.4) is 0 Å². The highest BCUT2D eigenvalue weighted by Gasteiger charge is 2.32. The van der Waals surface area contributed by atoms with E-state index in [9.17, 15) is 9.90 Å². The molecule has 1 heterocycles. The summed E-state index contributed by atoms with van der Waals surface area (Å²) in [5.74, 6) is -0.134. The van der Waals surface area contributed by atoms with Crippen LogP contribution in [0.4, 0.5) is 0 Å². The molecular formula is C19H16O3. The molecule has 1 N–H and O–H groups in total. The number of esters is 1. The van der Waals surface area contributed by atoms with Crippen LogP contribution in [0, 0.1) is 0 Å². The number of rotatable bonds is 2. The SMILES string of the molecule is O=C1C=C(O)C[C@@H](CC2c3ccccc3-c3ccccc32)O1. The molecule has 0 bridgehead atoms. The van der Waals surface area contributed by atoms with Gasteiger partial charge in [0.2, 0.25) is 0 Å². The minimum absolute atomic E-state index is 0.112. The first-order valence-electron chi connectivity index (χ1n) is 7.51. The molecule has 3 heteroatoms.